The van der Waals surface area contributed by atoms with Gasteiger partial charge in [-0.3, -0.25) is 4.57 Å². The molecular weight excluding hydrogens is 536 g/mol. The van der Waals surface area contributed by atoms with E-state index < -0.39 is 0 Å². The molecule has 0 saturated heterocycles. The smallest absolute Gasteiger partial charge is 0.235 e. The van der Waals surface area contributed by atoms with Gasteiger partial charge in [-0.2, -0.15) is 0 Å². The third-order valence-corrected chi connectivity index (χ3v) is 8.81. The van der Waals surface area contributed by atoms with Crippen molar-refractivity contribution in [1.82, 2.24) is 19.1 Å². The highest BCUT2D eigenvalue weighted by Gasteiger charge is 2.23. The Kier molecular flexibility index (Phi) is 5.60. The van der Waals surface area contributed by atoms with Crippen LogP contribution in [0.4, 0.5) is 0 Å². The molecule has 0 fully saturated rings. The highest BCUT2D eigenvalue weighted by Crippen LogP contribution is 2.41. The number of hydrogen-bond acceptors (Lipinski definition) is 2. The van der Waals surface area contributed by atoms with Crippen molar-refractivity contribution in [2.45, 2.75) is 12.8 Å². The number of nitrogens with zero attached hydrogens (tertiary/aromatic N) is 4. The van der Waals surface area contributed by atoms with E-state index in [9.17, 15) is 0 Å². The Morgan fingerprint density at radius 1 is 0.523 bits per heavy atom. The van der Waals surface area contributed by atoms with E-state index in [0.29, 0.717) is 5.95 Å². The number of hydrogen-bond donors (Lipinski definition) is 0. The fourth-order valence-electron chi connectivity index (χ4n) is 6.83. The lowest BCUT2D eigenvalue weighted by Crippen LogP contribution is -2.06. The van der Waals surface area contributed by atoms with Crippen molar-refractivity contribution in [3.63, 3.8) is 0 Å². The van der Waals surface area contributed by atoms with Gasteiger partial charge in [0.1, 0.15) is 0 Å². The minimum Gasteiger partial charge on any atom is -0.307 e. The van der Waals surface area contributed by atoms with Crippen molar-refractivity contribution in [3.8, 4) is 22.9 Å². The van der Waals surface area contributed by atoms with Crippen LogP contribution >= 0.6 is 0 Å². The molecule has 1 aliphatic carbocycles. The molecule has 9 rings (SSSR count). The summed E-state index contributed by atoms with van der Waals surface area (Å²) in [6.07, 6.45) is 8.53. The van der Waals surface area contributed by atoms with Gasteiger partial charge < -0.3 is 4.57 Å². The van der Waals surface area contributed by atoms with E-state index >= 15 is 0 Å². The van der Waals surface area contributed by atoms with E-state index in [0.717, 1.165) is 52.0 Å². The average molecular weight is 565 g/mol. The van der Waals surface area contributed by atoms with Crippen LogP contribution in [0.25, 0.3) is 72.1 Å². The predicted octanol–water partition coefficient (Wildman–Crippen LogP) is 10.1. The second kappa shape index (κ2) is 9.92. The molecule has 3 heterocycles. The molecule has 0 radical (unpaired) electrons. The van der Waals surface area contributed by atoms with Crippen LogP contribution < -0.4 is 0 Å². The highest BCUT2D eigenvalue weighted by molar-refractivity contribution is 6.23. The first-order valence-electron chi connectivity index (χ1n) is 15.2. The zero-order valence-corrected chi connectivity index (χ0v) is 24.1. The molecule has 44 heavy (non-hydrogen) atoms. The Balaban J connectivity index is 1.47. The predicted molar refractivity (Wildman–Crippen MR) is 182 cm³/mol. The number of rotatable bonds is 4. The largest absolute Gasteiger partial charge is 0.307 e. The number of allylic oxidation sites excluding steroid dienone is 4. The lowest BCUT2D eigenvalue weighted by atomic mass is 10.0. The van der Waals surface area contributed by atoms with Crippen molar-refractivity contribution in [1.29, 1.82) is 0 Å². The molecule has 0 spiro atoms. The summed E-state index contributed by atoms with van der Waals surface area (Å²) in [4.78, 5) is 10.6. The van der Waals surface area contributed by atoms with Gasteiger partial charge in [0.2, 0.25) is 5.95 Å². The molecule has 0 unspecified atom stereocenters. The summed E-state index contributed by atoms with van der Waals surface area (Å²) in [5.74, 6) is 0.681. The molecule has 0 amide bonds. The van der Waals surface area contributed by atoms with Crippen LogP contribution in [-0.4, -0.2) is 19.1 Å². The Labute approximate surface area is 254 Å². The van der Waals surface area contributed by atoms with E-state index in [1.165, 1.54) is 32.6 Å². The average Bonchev–Trinajstić information content (AvgIpc) is 3.62. The van der Waals surface area contributed by atoms with Crippen molar-refractivity contribution >= 4 is 49.2 Å². The van der Waals surface area contributed by atoms with Crippen LogP contribution in [0.3, 0.4) is 0 Å². The molecule has 5 aromatic carbocycles. The molecule has 208 valence electrons. The van der Waals surface area contributed by atoms with Crippen LogP contribution in [-0.2, 0) is 0 Å². The lowest BCUT2D eigenvalue weighted by molar-refractivity contribution is 0.965. The molecule has 0 aliphatic heterocycles. The van der Waals surface area contributed by atoms with Crippen LogP contribution in [0.5, 0.6) is 0 Å². The van der Waals surface area contributed by atoms with E-state index in [1.54, 1.807) is 0 Å². The second-order valence-electron chi connectivity index (χ2n) is 11.4. The van der Waals surface area contributed by atoms with E-state index in [4.69, 9.17) is 9.97 Å². The lowest BCUT2D eigenvalue weighted by Gasteiger charge is -2.15. The Bertz CT molecular complexity index is 2430. The third-order valence-electron chi connectivity index (χ3n) is 8.81. The van der Waals surface area contributed by atoms with Gasteiger partial charge in [0.05, 0.1) is 33.5 Å². The van der Waals surface area contributed by atoms with Crippen LogP contribution in [0.15, 0.2) is 146 Å². The van der Waals surface area contributed by atoms with Gasteiger partial charge in [-0.05, 0) is 48.7 Å². The first kappa shape index (κ1) is 24.8. The Hall–Kier alpha value is -5.74. The van der Waals surface area contributed by atoms with Gasteiger partial charge in [-0.1, -0.05) is 115 Å². The minimum absolute atomic E-state index is 0.681. The number of benzene rings is 5. The van der Waals surface area contributed by atoms with Crippen LogP contribution in [0, 0.1) is 0 Å². The fraction of sp³-hybridized carbons (Fsp3) is 0.0500. The van der Waals surface area contributed by atoms with Crippen molar-refractivity contribution in [2.24, 2.45) is 0 Å². The van der Waals surface area contributed by atoms with Gasteiger partial charge >= 0.3 is 0 Å². The van der Waals surface area contributed by atoms with Gasteiger partial charge in [0, 0.05) is 32.8 Å². The molecule has 0 N–H and O–H groups in total. The maximum atomic E-state index is 5.33. The SMILES string of the molecule is C1=CCCC(c2cc(-c3ccccc3)nc(-n3c4ccccc4c4ccc5c6ccccc6n(-c6ccccc6)c5c43)n2)=C1. The molecular formula is C40H28N4. The minimum atomic E-state index is 0.681. The second-order valence-corrected chi connectivity index (χ2v) is 11.4. The molecule has 0 atom stereocenters. The maximum absolute atomic E-state index is 5.33. The maximum Gasteiger partial charge on any atom is 0.235 e. The van der Waals surface area contributed by atoms with E-state index in [2.05, 4.69) is 149 Å². The molecule has 1 aliphatic rings. The van der Waals surface area contributed by atoms with Crippen LogP contribution in [0.2, 0.25) is 0 Å². The van der Waals surface area contributed by atoms with E-state index in [-0.39, 0.29) is 0 Å². The topological polar surface area (TPSA) is 35.6 Å². The van der Waals surface area contributed by atoms with Crippen molar-refractivity contribution in [2.75, 3.05) is 0 Å². The third kappa shape index (κ3) is 3.78. The van der Waals surface area contributed by atoms with Crippen LogP contribution in [0.1, 0.15) is 18.5 Å². The zero-order valence-electron chi connectivity index (χ0n) is 24.1. The van der Waals surface area contributed by atoms with Gasteiger partial charge in [-0.25, -0.2) is 9.97 Å². The van der Waals surface area contributed by atoms with Gasteiger partial charge in [0.15, 0.2) is 0 Å². The first-order valence-corrected chi connectivity index (χ1v) is 15.2. The summed E-state index contributed by atoms with van der Waals surface area (Å²) in [7, 11) is 0. The molecule has 0 bridgehead atoms. The van der Waals surface area contributed by atoms with Crippen molar-refractivity contribution in [3.05, 3.63) is 151 Å². The normalized spacial score (nSPS) is 13.3. The zero-order chi connectivity index (χ0) is 29.0. The molecule has 4 nitrogen and oxygen atoms in total. The number of aromatic nitrogens is 4. The van der Waals surface area contributed by atoms with Gasteiger partial charge in [0.25, 0.3) is 0 Å². The number of para-hydroxylation sites is 3. The summed E-state index contributed by atoms with van der Waals surface area (Å²) < 4.78 is 4.69. The summed E-state index contributed by atoms with van der Waals surface area (Å²) in [6.45, 7) is 0. The summed E-state index contributed by atoms with van der Waals surface area (Å²) in [5.41, 5.74) is 9.86. The van der Waals surface area contributed by atoms with E-state index in [1.807, 2.05) is 6.07 Å². The monoisotopic (exact) mass is 564 g/mol. The quantitative estimate of drug-likeness (QED) is 0.213. The highest BCUT2D eigenvalue weighted by atomic mass is 15.2. The Morgan fingerprint density at radius 3 is 1.80 bits per heavy atom. The summed E-state index contributed by atoms with van der Waals surface area (Å²) in [5, 5.41) is 4.80. The summed E-state index contributed by atoms with van der Waals surface area (Å²) in [6, 6.07) is 45.1. The van der Waals surface area contributed by atoms with Gasteiger partial charge in [-0.15, -0.1) is 0 Å². The summed E-state index contributed by atoms with van der Waals surface area (Å²) >= 11 is 0. The van der Waals surface area contributed by atoms with Crippen molar-refractivity contribution < 1.29 is 0 Å². The fourth-order valence-corrected chi connectivity index (χ4v) is 6.83. The number of fused-ring (bicyclic) bond motifs is 7. The molecule has 3 aromatic heterocycles. The Morgan fingerprint density at radius 2 is 1.11 bits per heavy atom. The standard InChI is InChI=1S/C40H28N4/c1-4-14-27(15-5-1)34-26-35(28-16-6-2-7-17-28)42-40(41-34)44-37-23-13-11-21-31(37)33-25-24-32-30-20-10-12-22-36(30)43(38(32)39(33)44)29-18-8-3-9-19-29/h1-6,8-16,18-26H,7,17H2. The molecule has 0 saturated carbocycles. The molecule has 4 heteroatoms. The first-order chi connectivity index (χ1) is 21.8. The molecule has 8 aromatic rings.